The van der Waals surface area contributed by atoms with Gasteiger partial charge in [-0.2, -0.15) is 0 Å². The van der Waals surface area contributed by atoms with Gasteiger partial charge in [0.1, 0.15) is 0 Å². The Bertz CT molecular complexity index is 369. The SMILES string of the molecule is CC1CCN(C(=O)C2CCC(N)C(C)C2(C)C)C1CO. The monoisotopic (exact) mass is 282 g/mol. The minimum Gasteiger partial charge on any atom is -0.394 e. The molecule has 2 rings (SSSR count). The first kappa shape index (κ1) is 15.8. The number of nitrogens with two attached hydrogens (primary N) is 1. The largest absolute Gasteiger partial charge is 0.394 e. The molecule has 0 bridgehead atoms. The number of aliphatic hydroxyl groups is 1. The first-order chi connectivity index (χ1) is 9.30. The molecule has 0 aromatic heterocycles. The number of carbonyl (C=O) groups is 1. The molecule has 20 heavy (non-hydrogen) atoms. The molecule has 4 nitrogen and oxygen atoms in total. The van der Waals surface area contributed by atoms with Gasteiger partial charge in [-0.3, -0.25) is 4.79 Å². The highest BCUT2D eigenvalue weighted by molar-refractivity contribution is 5.80. The zero-order chi connectivity index (χ0) is 15.1. The Balaban J connectivity index is 2.16. The minimum absolute atomic E-state index is 0.00389. The molecule has 1 saturated heterocycles. The summed E-state index contributed by atoms with van der Waals surface area (Å²) in [6.45, 7) is 9.51. The van der Waals surface area contributed by atoms with E-state index in [1.807, 2.05) is 4.90 Å². The Labute approximate surface area is 122 Å². The Morgan fingerprint density at radius 3 is 2.55 bits per heavy atom. The third-order valence-corrected chi connectivity index (χ3v) is 6.15. The van der Waals surface area contributed by atoms with Crippen LogP contribution < -0.4 is 5.73 Å². The van der Waals surface area contributed by atoms with E-state index in [1.165, 1.54) is 0 Å². The molecular formula is C16H30N2O2. The standard InChI is InChI=1S/C16H30N2O2/c1-10-7-8-18(14(10)9-19)15(20)12-5-6-13(17)11(2)16(12,3)4/h10-14,19H,5-9,17H2,1-4H3. The van der Waals surface area contributed by atoms with Crippen molar-refractivity contribution in [2.24, 2.45) is 28.9 Å². The van der Waals surface area contributed by atoms with Gasteiger partial charge in [-0.15, -0.1) is 0 Å². The molecule has 5 unspecified atom stereocenters. The van der Waals surface area contributed by atoms with E-state index >= 15 is 0 Å². The van der Waals surface area contributed by atoms with E-state index in [1.54, 1.807) is 0 Å². The summed E-state index contributed by atoms with van der Waals surface area (Å²) >= 11 is 0. The van der Waals surface area contributed by atoms with Gasteiger partial charge in [0.25, 0.3) is 0 Å². The van der Waals surface area contributed by atoms with Crippen molar-refractivity contribution in [1.82, 2.24) is 4.90 Å². The molecule has 0 aromatic rings. The van der Waals surface area contributed by atoms with Crippen LogP contribution in [0.15, 0.2) is 0 Å². The lowest BCUT2D eigenvalue weighted by Gasteiger charge is -2.47. The number of rotatable bonds is 2. The molecule has 4 heteroatoms. The average molecular weight is 282 g/mol. The van der Waals surface area contributed by atoms with Crippen molar-refractivity contribution in [2.45, 2.75) is 59.0 Å². The Morgan fingerprint density at radius 2 is 1.95 bits per heavy atom. The Kier molecular flexibility index (Phi) is 4.45. The highest BCUT2D eigenvalue weighted by Gasteiger charge is 2.48. The lowest BCUT2D eigenvalue weighted by Crippen LogP contribution is -2.53. The number of carbonyl (C=O) groups excluding carboxylic acids is 1. The summed E-state index contributed by atoms with van der Waals surface area (Å²) in [5.41, 5.74) is 6.11. The highest BCUT2D eigenvalue weighted by atomic mass is 16.3. The van der Waals surface area contributed by atoms with E-state index < -0.39 is 0 Å². The van der Waals surface area contributed by atoms with Crippen molar-refractivity contribution in [3.63, 3.8) is 0 Å². The molecule has 5 atom stereocenters. The minimum atomic E-state index is -0.0689. The van der Waals surface area contributed by atoms with Crippen molar-refractivity contribution >= 4 is 5.91 Å². The van der Waals surface area contributed by atoms with Gasteiger partial charge < -0.3 is 15.7 Å². The van der Waals surface area contributed by atoms with E-state index in [-0.39, 0.29) is 35.9 Å². The summed E-state index contributed by atoms with van der Waals surface area (Å²) in [7, 11) is 0. The number of hydrogen-bond donors (Lipinski definition) is 2. The number of aliphatic hydroxyl groups excluding tert-OH is 1. The van der Waals surface area contributed by atoms with Gasteiger partial charge in [0.2, 0.25) is 5.91 Å². The molecule has 2 aliphatic rings. The molecule has 116 valence electrons. The second kappa shape index (κ2) is 5.64. The molecule has 0 aromatic carbocycles. The van der Waals surface area contributed by atoms with Gasteiger partial charge in [-0.25, -0.2) is 0 Å². The zero-order valence-electron chi connectivity index (χ0n) is 13.3. The quantitative estimate of drug-likeness (QED) is 0.808. The van der Waals surface area contributed by atoms with Gasteiger partial charge in [0.15, 0.2) is 0 Å². The summed E-state index contributed by atoms with van der Waals surface area (Å²) in [6, 6.07) is 0.199. The van der Waals surface area contributed by atoms with Gasteiger partial charge in [0, 0.05) is 18.5 Å². The van der Waals surface area contributed by atoms with Crippen LogP contribution in [-0.4, -0.2) is 41.1 Å². The normalized spacial score (nSPS) is 40.9. The maximum absolute atomic E-state index is 13.0. The molecule has 0 spiro atoms. The molecule has 2 fully saturated rings. The summed E-state index contributed by atoms with van der Waals surface area (Å²) < 4.78 is 0. The summed E-state index contributed by atoms with van der Waals surface area (Å²) in [5, 5.41) is 9.56. The molecule has 3 N–H and O–H groups in total. The lowest BCUT2D eigenvalue weighted by molar-refractivity contribution is -0.145. The van der Waals surface area contributed by atoms with Gasteiger partial charge in [0.05, 0.1) is 12.6 Å². The highest BCUT2D eigenvalue weighted by Crippen LogP contribution is 2.45. The van der Waals surface area contributed by atoms with Crippen LogP contribution in [-0.2, 0) is 4.79 Å². The van der Waals surface area contributed by atoms with Crippen molar-refractivity contribution in [1.29, 1.82) is 0 Å². The maximum atomic E-state index is 13.0. The van der Waals surface area contributed by atoms with Crippen LogP contribution in [0.25, 0.3) is 0 Å². The van der Waals surface area contributed by atoms with Crippen molar-refractivity contribution in [3.8, 4) is 0 Å². The Morgan fingerprint density at radius 1 is 1.30 bits per heavy atom. The molecule has 1 aliphatic carbocycles. The van der Waals surface area contributed by atoms with Gasteiger partial charge in [-0.05, 0) is 36.5 Å². The van der Waals surface area contributed by atoms with Crippen LogP contribution in [0.2, 0.25) is 0 Å². The predicted molar refractivity (Wildman–Crippen MR) is 80.0 cm³/mol. The van der Waals surface area contributed by atoms with E-state index in [4.69, 9.17) is 5.73 Å². The van der Waals surface area contributed by atoms with Crippen LogP contribution in [0.1, 0.15) is 47.0 Å². The number of nitrogens with zero attached hydrogens (tertiary/aromatic N) is 1. The first-order valence-electron chi connectivity index (χ1n) is 7.97. The van der Waals surface area contributed by atoms with E-state index in [0.29, 0.717) is 11.8 Å². The average Bonchev–Trinajstić information content (AvgIpc) is 2.76. The van der Waals surface area contributed by atoms with Crippen LogP contribution in [0.3, 0.4) is 0 Å². The van der Waals surface area contributed by atoms with E-state index in [2.05, 4.69) is 27.7 Å². The van der Waals surface area contributed by atoms with Gasteiger partial charge in [-0.1, -0.05) is 27.7 Å². The maximum Gasteiger partial charge on any atom is 0.226 e. The Hall–Kier alpha value is -0.610. The molecule has 1 heterocycles. The van der Waals surface area contributed by atoms with E-state index in [0.717, 1.165) is 25.8 Å². The first-order valence-corrected chi connectivity index (χ1v) is 7.97. The third-order valence-electron chi connectivity index (χ3n) is 6.15. The number of likely N-dealkylation sites (tertiary alicyclic amines) is 1. The fourth-order valence-corrected chi connectivity index (χ4v) is 4.05. The fourth-order valence-electron chi connectivity index (χ4n) is 4.05. The van der Waals surface area contributed by atoms with Crippen molar-refractivity contribution in [3.05, 3.63) is 0 Å². The van der Waals surface area contributed by atoms with Gasteiger partial charge >= 0.3 is 0 Å². The summed E-state index contributed by atoms with van der Waals surface area (Å²) in [5.74, 6) is 1.02. The van der Waals surface area contributed by atoms with Crippen LogP contribution >= 0.6 is 0 Å². The van der Waals surface area contributed by atoms with Crippen LogP contribution in [0, 0.1) is 23.2 Å². The summed E-state index contributed by atoms with van der Waals surface area (Å²) in [6.07, 6.45) is 2.80. The van der Waals surface area contributed by atoms with E-state index in [9.17, 15) is 9.90 Å². The molecule has 1 amide bonds. The molecular weight excluding hydrogens is 252 g/mol. The second-order valence-corrected chi connectivity index (χ2v) is 7.45. The van der Waals surface area contributed by atoms with Crippen LogP contribution in [0.5, 0.6) is 0 Å². The fraction of sp³-hybridized carbons (Fsp3) is 0.938. The molecule has 1 saturated carbocycles. The smallest absolute Gasteiger partial charge is 0.226 e. The number of amides is 1. The van der Waals surface area contributed by atoms with Crippen molar-refractivity contribution in [2.75, 3.05) is 13.2 Å². The molecule has 0 radical (unpaired) electrons. The summed E-state index contributed by atoms with van der Waals surface area (Å²) in [4.78, 5) is 14.9. The predicted octanol–water partition coefficient (Wildman–Crippen LogP) is 1.62. The topological polar surface area (TPSA) is 66.6 Å². The van der Waals surface area contributed by atoms with Crippen molar-refractivity contribution < 1.29 is 9.90 Å². The third kappa shape index (κ3) is 2.48. The zero-order valence-corrected chi connectivity index (χ0v) is 13.3. The lowest BCUT2D eigenvalue weighted by atomic mass is 9.60. The van der Waals surface area contributed by atoms with Crippen LogP contribution in [0.4, 0.5) is 0 Å². The molecule has 1 aliphatic heterocycles. The number of hydrogen-bond acceptors (Lipinski definition) is 3. The second-order valence-electron chi connectivity index (χ2n) is 7.45.